The summed E-state index contributed by atoms with van der Waals surface area (Å²) >= 11 is 0. The van der Waals surface area contributed by atoms with Crippen LogP contribution in [-0.4, -0.2) is 19.3 Å². The summed E-state index contributed by atoms with van der Waals surface area (Å²) in [7, 11) is 1.57. The third-order valence-corrected chi connectivity index (χ3v) is 2.70. The zero-order valence-electron chi connectivity index (χ0n) is 9.19. The van der Waals surface area contributed by atoms with Gasteiger partial charge in [0, 0.05) is 6.07 Å². The maximum Gasteiger partial charge on any atom is 0.162 e. The summed E-state index contributed by atoms with van der Waals surface area (Å²) in [5.74, 6) is 1.21. The number of hydrogen-bond donors (Lipinski definition) is 1. The number of nitriles is 1. The fourth-order valence-electron chi connectivity index (χ4n) is 1.39. The zero-order chi connectivity index (χ0) is 11.6. The van der Waals surface area contributed by atoms with E-state index in [-0.39, 0.29) is 5.54 Å². The van der Waals surface area contributed by atoms with Crippen molar-refractivity contribution in [1.82, 2.24) is 0 Å². The van der Waals surface area contributed by atoms with Crippen LogP contribution in [0.5, 0.6) is 11.5 Å². The smallest absolute Gasteiger partial charge is 0.162 e. The summed E-state index contributed by atoms with van der Waals surface area (Å²) in [5.41, 5.74) is 6.31. The van der Waals surface area contributed by atoms with Crippen molar-refractivity contribution in [3.05, 3.63) is 23.8 Å². The van der Waals surface area contributed by atoms with Gasteiger partial charge in [-0.3, -0.25) is 0 Å². The Labute approximate surface area is 94.6 Å². The molecule has 0 unspecified atom stereocenters. The van der Waals surface area contributed by atoms with Gasteiger partial charge in [-0.05, 0) is 25.0 Å². The van der Waals surface area contributed by atoms with Gasteiger partial charge in [-0.25, -0.2) is 0 Å². The molecule has 0 atom stereocenters. The van der Waals surface area contributed by atoms with Crippen molar-refractivity contribution in [2.45, 2.75) is 18.4 Å². The second-order valence-corrected chi connectivity index (χ2v) is 4.13. The molecule has 4 heteroatoms. The molecule has 16 heavy (non-hydrogen) atoms. The lowest BCUT2D eigenvalue weighted by Gasteiger charge is -2.13. The zero-order valence-corrected chi connectivity index (χ0v) is 9.19. The Morgan fingerprint density at radius 3 is 2.75 bits per heavy atom. The van der Waals surface area contributed by atoms with Crippen LogP contribution in [0.15, 0.2) is 18.2 Å². The van der Waals surface area contributed by atoms with Crippen LogP contribution in [0, 0.1) is 11.3 Å². The van der Waals surface area contributed by atoms with E-state index in [1.54, 1.807) is 25.3 Å². The van der Waals surface area contributed by atoms with Crippen LogP contribution < -0.4 is 15.2 Å². The average Bonchev–Trinajstić information content (AvgIpc) is 3.05. The van der Waals surface area contributed by atoms with E-state index in [4.69, 9.17) is 20.5 Å². The minimum absolute atomic E-state index is 0.173. The molecule has 0 spiro atoms. The highest BCUT2D eigenvalue weighted by atomic mass is 16.5. The molecule has 0 saturated heterocycles. The molecule has 0 heterocycles. The van der Waals surface area contributed by atoms with Gasteiger partial charge in [-0.2, -0.15) is 5.26 Å². The van der Waals surface area contributed by atoms with Crippen molar-refractivity contribution < 1.29 is 9.47 Å². The van der Waals surface area contributed by atoms with Crippen LogP contribution >= 0.6 is 0 Å². The van der Waals surface area contributed by atoms with Crippen LogP contribution in [0.25, 0.3) is 0 Å². The molecule has 0 radical (unpaired) electrons. The SMILES string of the molecule is COc1ccc(C#N)cc1OCC1(N)CC1. The highest BCUT2D eigenvalue weighted by Crippen LogP contribution is 2.35. The summed E-state index contributed by atoms with van der Waals surface area (Å²) in [6, 6.07) is 7.16. The maximum atomic E-state index is 8.80. The minimum atomic E-state index is -0.173. The lowest BCUT2D eigenvalue weighted by Crippen LogP contribution is -2.29. The predicted octanol–water partition coefficient (Wildman–Crippen LogP) is 1.44. The van der Waals surface area contributed by atoms with Crippen molar-refractivity contribution in [2.75, 3.05) is 13.7 Å². The highest BCUT2D eigenvalue weighted by molar-refractivity contribution is 5.46. The van der Waals surface area contributed by atoms with Crippen molar-refractivity contribution in [3.8, 4) is 17.6 Å². The van der Waals surface area contributed by atoms with E-state index in [1.807, 2.05) is 0 Å². The highest BCUT2D eigenvalue weighted by Gasteiger charge is 2.39. The molecule has 2 rings (SSSR count). The largest absolute Gasteiger partial charge is 0.493 e. The first-order valence-electron chi connectivity index (χ1n) is 5.17. The van der Waals surface area contributed by atoms with E-state index in [0.717, 1.165) is 12.8 Å². The number of benzene rings is 1. The molecule has 1 aliphatic carbocycles. The summed E-state index contributed by atoms with van der Waals surface area (Å²) in [6.07, 6.45) is 1.99. The van der Waals surface area contributed by atoms with Gasteiger partial charge >= 0.3 is 0 Å². The molecule has 1 aromatic rings. The van der Waals surface area contributed by atoms with Gasteiger partial charge < -0.3 is 15.2 Å². The third-order valence-electron chi connectivity index (χ3n) is 2.70. The molecular formula is C12H14N2O2. The molecule has 1 fully saturated rings. The van der Waals surface area contributed by atoms with E-state index in [2.05, 4.69) is 6.07 Å². The van der Waals surface area contributed by atoms with Crippen molar-refractivity contribution in [3.63, 3.8) is 0 Å². The number of nitrogens with zero attached hydrogens (tertiary/aromatic N) is 1. The van der Waals surface area contributed by atoms with Gasteiger partial charge in [0.15, 0.2) is 11.5 Å². The van der Waals surface area contributed by atoms with Crippen molar-refractivity contribution in [1.29, 1.82) is 5.26 Å². The summed E-state index contributed by atoms with van der Waals surface area (Å²) in [4.78, 5) is 0. The second-order valence-electron chi connectivity index (χ2n) is 4.13. The van der Waals surface area contributed by atoms with Crippen LogP contribution in [0.1, 0.15) is 18.4 Å². The number of methoxy groups -OCH3 is 1. The van der Waals surface area contributed by atoms with Gasteiger partial charge in [0.05, 0.1) is 24.3 Å². The van der Waals surface area contributed by atoms with E-state index in [1.165, 1.54) is 0 Å². The van der Waals surface area contributed by atoms with Crippen LogP contribution in [0.4, 0.5) is 0 Å². The van der Waals surface area contributed by atoms with Gasteiger partial charge in [-0.15, -0.1) is 0 Å². The van der Waals surface area contributed by atoms with Gasteiger partial charge in [-0.1, -0.05) is 0 Å². The van der Waals surface area contributed by atoms with Gasteiger partial charge in [0.1, 0.15) is 6.61 Å². The molecule has 0 amide bonds. The Kier molecular flexibility index (Phi) is 2.71. The van der Waals surface area contributed by atoms with Crippen LogP contribution in [0.3, 0.4) is 0 Å². The lowest BCUT2D eigenvalue weighted by molar-refractivity contribution is 0.264. The topological polar surface area (TPSA) is 68.3 Å². The molecular weight excluding hydrogens is 204 g/mol. The third kappa shape index (κ3) is 2.26. The maximum absolute atomic E-state index is 8.80. The van der Waals surface area contributed by atoms with Crippen LogP contribution in [0.2, 0.25) is 0 Å². The van der Waals surface area contributed by atoms with E-state index < -0.39 is 0 Å². The summed E-state index contributed by atoms with van der Waals surface area (Å²) in [6.45, 7) is 0.470. The molecule has 2 N–H and O–H groups in total. The molecule has 84 valence electrons. The number of nitrogens with two attached hydrogens (primary N) is 1. The fraction of sp³-hybridized carbons (Fsp3) is 0.417. The first kappa shape index (κ1) is 10.8. The molecule has 1 aliphatic rings. The molecule has 0 bridgehead atoms. The monoisotopic (exact) mass is 218 g/mol. The molecule has 1 aromatic carbocycles. The Balaban J connectivity index is 2.13. The predicted molar refractivity (Wildman–Crippen MR) is 59.4 cm³/mol. The van der Waals surface area contributed by atoms with E-state index in [0.29, 0.717) is 23.7 Å². The van der Waals surface area contributed by atoms with Gasteiger partial charge in [0.25, 0.3) is 0 Å². The molecule has 4 nitrogen and oxygen atoms in total. The van der Waals surface area contributed by atoms with E-state index in [9.17, 15) is 0 Å². The van der Waals surface area contributed by atoms with Crippen LogP contribution in [-0.2, 0) is 0 Å². The minimum Gasteiger partial charge on any atom is -0.493 e. The molecule has 0 aliphatic heterocycles. The first-order valence-corrected chi connectivity index (χ1v) is 5.17. The number of rotatable bonds is 4. The Morgan fingerprint density at radius 1 is 1.44 bits per heavy atom. The standard InChI is InChI=1S/C12H14N2O2/c1-15-10-3-2-9(7-13)6-11(10)16-8-12(14)4-5-12/h2-3,6H,4-5,8,14H2,1H3. The fourth-order valence-corrected chi connectivity index (χ4v) is 1.39. The van der Waals surface area contributed by atoms with Crippen molar-refractivity contribution in [2.24, 2.45) is 5.73 Å². The Morgan fingerprint density at radius 2 is 2.19 bits per heavy atom. The first-order chi connectivity index (χ1) is 7.67. The Bertz CT molecular complexity index is 433. The summed E-state index contributed by atoms with van der Waals surface area (Å²) < 4.78 is 10.8. The number of hydrogen-bond acceptors (Lipinski definition) is 4. The average molecular weight is 218 g/mol. The van der Waals surface area contributed by atoms with Gasteiger partial charge in [0.2, 0.25) is 0 Å². The molecule has 0 aromatic heterocycles. The Hall–Kier alpha value is -1.73. The number of ether oxygens (including phenoxy) is 2. The normalized spacial score (nSPS) is 16.3. The van der Waals surface area contributed by atoms with Crippen molar-refractivity contribution >= 4 is 0 Å². The second kappa shape index (κ2) is 4.03. The quantitative estimate of drug-likeness (QED) is 0.830. The lowest BCUT2D eigenvalue weighted by atomic mass is 10.2. The van der Waals surface area contributed by atoms with E-state index >= 15 is 0 Å². The summed E-state index contributed by atoms with van der Waals surface area (Å²) in [5, 5.41) is 8.80. The molecule has 1 saturated carbocycles.